The van der Waals surface area contributed by atoms with Gasteiger partial charge in [0.05, 0.1) is 0 Å². The lowest BCUT2D eigenvalue weighted by Gasteiger charge is -2.19. The third kappa shape index (κ3) is 2.76. The summed E-state index contributed by atoms with van der Waals surface area (Å²) in [7, 11) is -3.26. The molecule has 5 nitrogen and oxygen atoms in total. The third-order valence-electron chi connectivity index (χ3n) is 3.06. The van der Waals surface area contributed by atoms with Crippen LogP contribution in [-0.4, -0.2) is 31.7 Å². The molecule has 0 saturated heterocycles. The van der Waals surface area contributed by atoms with E-state index in [0.29, 0.717) is 5.82 Å². The van der Waals surface area contributed by atoms with E-state index in [9.17, 15) is 8.42 Å². The molecular formula is C11H17N3O2S. The highest BCUT2D eigenvalue weighted by molar-refractivity contribution is 7.90. The molecule has 94 valence electrons. The van der Waals surface area contributed by atoms with Crippen molar-refractivity contribution in [2.45, 2.75) is 36.2 Å². The van der Waals surface area contributed by atoms with Gasteiger partial charge in [-0.15, -0.1) is 0 Å². The minimum atomic E-state index is -3.26. The van der Waals surface area contributed by atoms with Crippen molar-refractivity contribution in [1.82, 2.24) is 4.98 Å². The summed E-state index contributed by atoms with van der Waals surface area (Å²) in [6, 6.07) is 3.37. The summed E-state index contributed by atoms with van der Waals surface area (Å²) in [5, 5.41) is 3.15. The van der Waals surface area contributed by atoms with Crippen LogP contribution in [0.25, 0.3) is 0 Å². The van der Waals surface area contributed by atoms with Gasteiger partial charge in [-0.2, -0.15) is 0 Å². The predicted molar refractivity (Wildman–Crippen MR) is 66.6 cm³/mol. The number of nitrogens with one attached hydrogen (secondary N) is 1. The molecule has 17 heavy (non-hydrogen) atoms. The molecule has 0 aromatic carbocycles. The van der Waals surface area contributed by atoms with Gasteiger partial charge in [-0.1, -0.05) is 0 Å². The van der Waals surface area contributed by atoms with Gasteiger partial charge < -0.3 is 11.1 Å². The Morgan fingerprint density at radius 2 is 2.24 bits per heavy atom. The van der Waals surface area contributed by atoms with Gasteiger partial charge in [-0.25, -0.2) is 13.4 Å². The molecule has 2 atom stereocenters. The molecule has 3 N–H and O–H groups in total. The highest BCUT2D eigenvalue weighted by Gasteiger charge is 2.25. The van der Waals surface area contributed by atoms with Crippen molar-refractivity contribution in [3.8, 4) is 0 Å². The lowest BCUT2D eigenvalue weighted by Crippen LogP contribution is -2.35. The molecule has 2 rings (SSSR count). The number of aromatic nitrogens is 1. The molecule has 1 aliphatic carbocycles. The number of sulfone groups is 1. The maximum Gasteiger partial charge on any atom is 0.179 e. The van der Waals surface area contributed by atoms with Crippen LogP contribution >= 0.6 is 0 Å². The van der Waals surface area contributed by atoms with Crippen LogP contribution in [0.1, 0.15) is 19.3 Å². The zero-order valence-electron chi connectivity index (χ0n) is 9.76. The average molecular weight is 255 g/mol. The maximum absolute atomic E-state index is 11.6. The van der Waals surface area contributed by atoms with Gasteiger partial charge in [-0.05, 0) is 31.4 Å². The first-order valence-electron chi connectivity index (χ1n) is 5.65. The predicted octanol–water partition coefficient (Wildman–Crippen LogP) is 0.777. The van der Waals surface area contributed by atoms with Crippen molar-refractivity contribution in [3.63, 3.8) is 0 Å². The van der Waals surface area contributed by atoms with E-state index in [1.165, 1.54) is 6.26 Å². The van der Waals surface area contributed by atoms with E-state index in [4.69, 9.17) is 5.73 Å². The van der Waals surface area contributed by atoms with Crippen LogP contribution in [0.15, 0.2) is 23.2 Å². The van der Waals surface area contributed by atoms with Crippen LogP contribution in [0.5, 0.6) is 0 Å². The summed E-state index contributed by atoms with van der Waals surface area (Å²) >= 11 is 0. The zero-order valence-corrected chi connectivity index (χ0v) is 10.6. The van der Waals surface area contributed by atoms with E-state index in [1.54, 1.807) is 18.3 Å². The Hall–Kier alpha value is -1.14. The van der Waals surface area contributed by atoms with Gasteiger partial charge in [0.1, 0.15) is 10.7 Å². The van der Waals surface area contributed by atoms with Crippen molar-refractivity contribution in [1.29, 1.82) is 0 Å². The van der Waals surface area contributed by atoms with Crippen molar-refractivity contribution >= 4 is 15.7 Å². The van der Waals surface area contributed by atoms with Crippen LogP contribution in [0.2, 0.25) is 0 Å². The third-order valence-corrected chi connectivity index (χ3v) is 4.19. The van der Waals surface area contributed by atoms with Crippen LogP contribution in [0.4, 0.5) is 5.82 Å². The Balaban J connectivity index is 2.27. The molecule has 1 fully saturated rings. The lowest BCUT2D eigenvalue weighted by molar-refractivity contribution is 0.600. The van der Waals surface area contributed by atoms with E-state index in [0.717, 1.165) is 19.3 Å². The molecule has 0 radical (unpaired) electrons. The van der Waals surface area contributed by atoms with Crippen molar-refractivity contribution in [2.24, 2.45) is 5.73 Å². The molecule has 1 saturated carbocycles. The Kier molecular flexibility index (Phi) is 3.35. The summed E-state index contributed by atoms with van der Waals surface area (Å²) in [5.41, 5.74) is 5.95. The Morgan fingerprint density at radius 1 is 1.47 bits per heavy atom. The van der Waals surface area contributed by atoms with Gasteiger partial charge in [0.15, 0.2) is 9.84 Å². The van der Waals surface area contributed by atoms with Crippen molar-refractivity contribution in [2.75, 3.05) is 11.6 Å². The monoisotopic (exact) mass is 255 g/mol. The summed E-state index contributed by atoms with van der Waals surface area (Å²) < 4.78 is 23.2. The fraction of sp³-hybridized carbons (Fsp3) is 0.545. The quantitative estimate of drug-likeness (QED) is 0.833. The second-order valence-electron chi connectivity index (χ2n) is 4.47. The SMILES string of the molecule is CS(=O)(=O)c1cccnc1NC1CCCC1N. The lowest BCUT2D eigenvalue weighted by atomic mass is 10.2. The number of anilines is 1. The molecule has 1 heterocycles. The fourth-order valence-electron chi connectivity index (χ4n) is 2.14. The van der Waals surface area contributed by atoms with E-state index in [-0.39, 0.29) is 17.0 Å². The number of hydrogen-bond donors (Lipinski definition) is 2. The van der Waals surface area contributed by atoms with E-state index >= 15 is 0 Å². The number of nitrogens with zero attached hydrogens (tertiary/aromatic N) is 1. The summed E-state index contributed by atoms with van der Waals surface area (Å²) in [6.45, 7) is 0. The molecule has 0 aliphatic heterocycles. The minimum absolute atomic E-state index is 0.0735. The van der Waals surface area contributed by atoms with Gasteiger partial charge in [0.2, 0.25) is 0 Å². The van der Waals surface area contributed by atoms with E-state index < -0.39 is 9.84 Å². The van der Waals surface area contributed by atoms with E-state index in [1.807, 2.05) is 0 Å². The molecule has 0 bridgehead atoms. The van der Waals surface area contributed by atoms with Crippen LogP contribution in [-0.2, 0) is 9.84 Å². The van der Waals surface area contributed by atoms with Gasteiger partial charge >= 0.3 is 0 Å². The minimum Gasteiger partial charge on any atom is -0.365 e. The molecule has 0 spiro atoms. The Labute approximate surface area is 101 Å². The number of hydrogen-bond acceptors (Lipinski definition) is 5. The highest BCUT2D eigenvalue weighted by atomic mass is 32.2. The van der Waals surface area contributed by atoms with Gasteiger partial charge in [-0.3, -0.25) is 0 Å². The first kappa shape index (κ1) is 12.3. The smallest absolute Gasteiger partial charge is 0.179 e. The second kappa shape index (κ2) is 4.62. The topological polar surface area (TPSA) is 85.1 Å². The average Bonchev–Trinajstić information content (AvgIpc) is 2.64. The molecule has 1 aromatic heterocycles. The van der Waals surface area contributed by atoms with Crippen LogP contribution in [0.3, 0.4) is 0 Å². The first-order chi connectivity index (χ1) is 7.98. The van der Waals surface area contributed by atoms with Crippen LogP contribution in [0, 0.1) is 0 Å². The number of nitrogens with two attached hydrogens (primary N) is 1. The Bertz CT molecular complexity index is 501. The summed E-state index contributed by atoms with van der Waals surface area (Å²) in [5.74, 6) is 0.414. The van der Waals surface area contributed by atoms with Crippen LogP contribution < -0.4 is 11.1 Å². The van der Waals surface area contributed by atoms with Crippen molar-refractivity contribution in [3.05, 3.63) is 18.3 Å². The largest absolute Gasteiger partial charge is 0.365 e. The standard InChI is InChI=1S/C11H17N3O2S/c1-17(15,16)10-6-3-7-13-11(10)14-9-5-2-4-8(9)12/h3,6-9H,2,4-5,12H2,1H3,(H,13,14). The normalized spacial score (nSPS) is 24.8. The molecular weight excluding hydrogens is 238 g/mol. The summed E-state index contributed by atoms with van der Waals surface area (Å²) in [4.78, 5) is 4.33. The number of pyridine rings is 1. The van der Waals surface area contributed by atoms with Crippen molar-refractivity contribution < 1.29 is 8.42 Å². The first-order valence-corrected chi connectivity index (χ1v) is 7.55. The van der Waals surface area contributed by atoms with E-state index in [2.05, 4.69) is 10.3 Å². The maximum atomic E-state index is 11.6. The molecule has 1 aromatic rings. The van der Waals surface area contributed by atoms with Gasteiger partial charge in [0, 0.05) is 24.5 Å². The molecule has 0 amide bonds. The Morgan fingerprint density at radius 3 is 2.82 bits per heavy atom. The molecule has 2 unspecified atom stereocenters. The highest BCUT2D eigenvalue weighted by Crippen LogP contribution is 2.24. The fourth-order valence-corrected chi connectivity index (χ4v) is 2.93. The molecule has 6 heteroatoms. The second-order valence-corrected chi connectivity index (χ2v) is 6.45. The zero-order chi connectivity index (χ0) is 12.5. The number of rotatable bonds is 3. The summed E-state index contributed by atoms with van der Waals surface area (Å²) in [6.07, 6.45) is 5.76. The molecule has 1 aliphatic rings. The van der Waals surface area contributed by atoms with Gasteiger partial charge in [0.25, 0.3) is 0 Å².